The molecule has 142 valence electrons. The van der Waals surface area contributed by atoms with Crippen molar-refractivity contribution in [2.45, 2.75) is 26.3 Å². The lowest BCUT2D eigenvalue weighted by atomic mass is 10.2. The Kier molecular flexibility index (Phi) is 5.39. The summed E-state index contributed by atoms with van der Waals surface area (Å²) in [5.74, 6) is -0.461. The fourth-order valence-electron chi connectivity index (χ4n) is 2.67. The minimum atomic E-state index is -1.11. The second kappa shape index (κ2) is 7.90. The first-order chi connectivity index (χ1) is 13.0. The summed E-state index contributed by atoms with van der Waals surface area (Å²) in [6.07, 6.45) is 3.59. The van der Waals surface area contributed by atoms with Crippen molar-refractivity contribution in [2.75, 3.05) is 13.2 Å². The summed E-state index contributed by atoms with van der Waals surface area (Å²) < 4.78 is 12.5. The van der Waals surface area contributed by atoms with E-state index < -0.39 is 17.9 Å². The van der Waals surface area contributed by atoms with Gasteiger partial charge in [0.05, 0.1) is 11.4 Å². The lowest BCUT2D eigenvalue weighted by Crippen LogP contribution is -2.40. The van der Waals surface area contributed by atoms with Gasteiger partial charge in [-0.2, -0.15) is 0 Å². The van der Waals surface area contributed by atoms with Crippen LogP contribution in [-0.4, -0.2) is 51.2 Å². The number of carbonyl (C=O) groups is 2. The number of nitrogens with zero attached hydrogens (tertiary/aromatic N) is 3. The summed E-state index contributed by atoms with van der Waals surface area (Å²) >= 11 is 0. The van der Waals surface area contributed by atoms with Gasteiger partial charge in [0.2, 0.25) is 0 Å². The number of carboxylic acid groups (broad SMARTS) is 1. The van der Waals surface area contributed by atoms with Gasteiger partial charge in [-0.3, -0.25) is 4.79 Å². The number of rotatable bonds is 6. The molecule has 9 nitrogen and oxygen atoms in total. The van der Waals surface area contributed by atoms with Crippen LogP contribution in [0.1, 0.15) is 29.5 Å². The molecule has 1 aromatic carbocycles. The first-order valence-electron chi connectivity index (χ1n) is 8.48. The van der Waals surface area contributed by atoms with Crippen molar-refractivity contribution < 1.29 is 24.2 Å². The molecule has 0 saturated carbocycles. The molecule has 1 atom stereocenters. The van der Waals surface area contributed by atoms with Gasteiger partial charge in [-0.1, -0.05) is 17.4 Å². The quantitative estimate of drug-likeness (QED) is 0.738. The number of hydrogen-bond acceptors (Lipinski definition) is 6. The molecule has 0 fully saturated rings. The van der Waals surface area contributed by atoms with E-state index in [1.54, 1.807) is 44.2 Å². The monoisotopic (exact) mass is 372 g/mol. The van der Waals surface area contributed by atoms with Gasteiger partial charge in [-0.25, -0.2) is 9.48 Å². The number of aliphatic carboxylic acids is 1. The van der Waals surface area contributed by atoms with E-state index in [9.17, 15) is 14.7 Å². The second-order valence-electron chi connectivity index (χ2n) is 5.93. The largest absolute Gasteiger partial charge is 0.486 e. The van der Waals surface area contributed by atoms with Gasteiger partial charge in [-0.15, -0.1) is 5.10 Å². The maximum absolute atomic E-state index is 12.5. The van der Waals surface area contributed by atoms with Gasteiger partial charge in [0.1, 0.15) is 19.3 Å². The Labute approximate surface area is 155 Å². The number of ether oxygens (including phenoxy) is 2. The van der Waals surface area contributed by atoms with Gasteiger partial charge in [0.15, 0.2) is 17.2 Å². The molecule has 0 bridgehead atoms. The van der Waals surface area contributed by atoms with Gasteiger partial charge in [0.25, 0.3) is 5.91 Å². The number of carboxylic acids is 1. The zero-order valence-corrected chi connectivity index (χ0v) is 15.0. The Morgan fingerprint density at radius 2 is 2.07 bits per heavy atom. The van der Waals surface area contributed by atoms with Crippen molar-refractivity contribution in [3.63, 3.8) is 0 Å². The molecule has 0 aliphatic carbocycles. The van der Waals surface area contributed by atoms with Crippen LogP contribution >= 0.6 is 0 Å². The highest BCUT2D eigenvalue weighted by molar-refractivity contribution is 5.95. The molecule has 27 heavy (non-hydrogen) atoms. The van der Waals surface area contributed by atoms with E-state index in [-0.39, 0.29) is 12.1 Å². The van der Waals surface area contributed by atoms with Crippen LogP contribution in [0.3, 0.4) is 0 Å². The summed E-state index contributed by atoms with van der Waals surface area (Å²) in [5.41, 5.74) is 1.21. The molecule has 1 aliphatic rings. The van der Waals surface area contributed by atoms with Crippen LogP contribution in [0.2, 0.25) is 0 Å². The predicted molar refractivity (Wildman–Crippen MR) is 95.4 cm³/mol. The predicted octanol–water partition coefficient (Wildman–Crippen LogP) is 1.50. The summed E-state index contributed by atoms with van der Waals surface area (Å²) in [4.78, 5) is 23.8. The number of benzene rings is 1. The molecule has 3 rings (SSSR count). The molecule has 1 aliphatic heterocycles. The minimum Gasteiger partial charge on any atom is -0.486 e. The van der Waals surface area contributed by atoms with Gasteiger partial charge < -0.3 is 19.9 Å². The number of aromatic nitrogens is 3. The van der Waals surface area contributed by atoms with Crippen molar-refractivity contribution in [1.29, 1.82) is 0 Å². The maximum Gasteiger partial charge on any atom is 0.326 e. The zero-order chi connectivity index (χ0) is 19.4. The van der Waals surface area contributed by atoms with Gasteiger partial charge in [0, 0.05) is 6.07 Å². The molecular formula is C18H20N4O5. The molecule has 2 aromatic rings. The van der Waals surface area contributed by atoms with E-state index in [1.165, 1.54) is 4.68 Å². The third-order valence-corrected chi connectivity index (χ3v) is 4.09. The van der Waals surface area contributed by atoms with Crippen molar-refractivity contribution in [1.82, 2.24) is 20.3 Å². The first-order valence-corrected chi connectivity index (χ1v) is 8.48. The number of hydrogen-bond donors (Lipinski definition) is 2. The van der Waals surface area contributed by atoms with Crippen LogP contribution in [0.4, 0.5) is 0 Å². The smallest absolute Gasteiger partial charge is 0.326 e. The average Bonchev–Trinajstić information content (AvgIpc) is 3.05. The average molecular weight is 372 g/mol. The van der Waals surface area contributed by atoms with Crippen LogP contribution in [0.15, 0.2) is 30.4 Å². The third kappa shape index (κ3) is 3.91. The molecular weight excluding hydrogens is 352 g/mol. The number of fused-ring (bicyclic) bond motifs is 1. The topological polar surface area (TPSA) is 116 Å². The van der Waals surface area contributed by atoms with Crippen molar-refractivity contribution in [2.24, 2.45) is 0 Å². The standard InChI is InChI=1S/C18H20N4O5/c1-3-4-5-13(18(24)25)19-17(23)16-11(2)22(21-20-16)12-6-7-14-15(10-12)27-9-8-26-14/h3-4,6-7,10,13H,5,8-9H2,1-2H3,(H,19,23)(H,24,25)/b4-3+. The van der Waals surface area contributed by atoms with Crippen molar-refractivity contribution >= 4 is 11.9 Å². The Bertz CT molecular complexity index is 890. The van der Waals surface area contributed by atoms with E-state index in [1.807, 2.05) is 0 Å². The molecule has 1 aromatic heterocycles. The maximum atomic E-state index is 12.5. The number of carbonyl (C=O) groups excluding carboxylic acids is 1. The van der Waals surface area contributed by atoms with Crippen LogP contribution in [-0.2, 0) is 4.79 Å². The highest BCUT2D eigenvalue weighted by Crippen LogP contribution is 2.32. The molecule has 1 unspecified atom stereocenters. The highest BCUT2D eigenvalue weighted by atomic mass is 16.6. The highest BCUT2D eigenvalue weighted by Gasteiger charge is 2.24. The fraction of sp³-hybridized carbons (Fsp3) is 0.333. The molecule has 0 spiro atoms. The van der Waals surface area contributed by atoms with Crippen LogP contribution < -0.4 is 14.8 Å². The van der Waals surface area contributed by atoms with E-state index in [2.05, 4.69) is 15.6 Å². The fourth-order valence-corrected chi connectivity index (χ4v) is 2.67. The summed E-state index contributed by atoms with van der Waals surface area (Å²) in [5, 5.41) is 19.7. The van der Waals surface area contributed by atoms with Gasteiger partial charge in [-0.05, 0) is 32.4 Å². The Balaban J connectivity index is 1.82. The Morgan fingerprint density at radius 3 is 2.78 bits per heavy atom. The molecule has 1 amide bonds. The van der Waals surface area contributed by atoms with E-state index in [0.717, 1.165) is 0 Å². The van der Waals surface area contributed by atoms with E-state index in [4.69, 9.17) is 9.47 Å². The molecule has 2 N–H and O–H groups in total. The van der Waals surface area contributed by atoms with Crippen LogP contribution in [0.5, 0.6) is 11.5 Å². The van der Waals surface area contributed by atoms with Crippen molar-refractivity contribution in [3.8, 4) is 17.2 Å². The third-order valence-electron chi connectivity index (χ3n) is 4.09. The molecule has 9 heteroatoms. The van der Waals surface area contributed by atoms with Crippen molar-refractivity contribution in [3.05, 3.63) is 41.7 Å². The second-order valence-corrected chi connectivity index (χ2v) is 5.93. The van der Waals surface area contributed by atoms with E-state index >= 15 is 0 Å². The lowest BCUT2D eigenvalue weighted by molar-refractivity contribution is -0.139. The summed E-state index contributed by atoms with van der Waals surface area (Å²) in [6.45, 7) is 4.43. The van der Waals surface area contributed by atoms with Gasteiger partial charge >= 0.3 is 5.97 Å². The summed E-state index contributed by atoms with van der Waals surface area (Å²) in [7, 11) is 0. The van der Waals surface area contributed by atoms with E-state index in [0.29, 0.717) is 36.1 Å². The lowest BCUT2D eigenvalue weighted by Gasteiger charge is -2.18. The number of allylic oxidation sites excluding steroid dienone is 1. The molecule has 0 radical (unpaired) electrons. The SMILES string of the molecule is C/C=C/CC(NC(=O)c1nnn(-c2ccc3c(c2)OCCO3)c1C)C(=O)O. The number of amides is 1. The Morgan fingerprint density at radius 1 is 1.33 bits per heavy atom. The summed E-state index contributed by atoms with van der Waals surface area (Å²) in [6, 6.07) is 4.27. The first kappa shape index (κ1) is 18.4. The molecule has 2 heterocycles. The molecule has 0 saturated heterocycles. The minimum absolute atomic E-state index is 0.0663. The van der Waals surface area contributed by atoms with Crippen LogP contribution in [0.25, 0.3) is 5.69 Å². The number of nitrogens with one attached hydrogen (secondary N) is 1. The van der Waals surface area contributed by atoms with Crippen LogP contribution in [0, 0.1) is 6.92 Å². The normalized spacial score (nSPS) is 14.1. The Hall–Kier alpha value is -3.36. The zero-order valence-electron chi connectivity index (χ0n) is 15.0.